The number of ether oxygens (including phenoxy) is 2. The summed E-state index contributed by atoms with van der Waals surface area (Å²) in [6.07, 6.45) is 0.213. The molecule has 2 atom stereocenters. The molecule has 150 valence electrons. The van der Waals surface area contributed by atoms with Crippen LogP contribution in [-0.2, 0) is 25.5 Å². The molecule has 28 heavy (non-hydrogen) atoms. The van der Waals surface area contributed by atoms with Crippen LogP contribution in [0.25, 0.3) is 11.1 Å². The molecule has 2 aromatic carbocycles. The van der Waals surface area contributed by atoms with E-state index >= 15 is 0 Å². The number of hydrogen-bond donors (Lipinski definition) is 2. The van der Waals surface area contributed by atoms with Crippen molar-refractivity contribution in [2.24, 2.45) is 0 Å². The van der Waals surface area contributed by atoms with E-state index in [9.17, 15) is 14.7 Å². The van der Waals surface area contributed by atoms with Gasteiger partial charge in [0.05, 0.1) is 13.2 Å². The molecule has 0 saturated carbocycles. The van der Waals surface area contributed by atoms with Gasteiger partial charge in [0.15, 0.2) is 0 Å². The Bertz CT molecular complexity index is 794. The van der Waals surface area contributed by atoms with Crippen LogP contribution >= 0.6 is 11.6 Å². The maximum absolute atomic E-state index is 12.0. The number of benzene rings is 2. The molecule has 0 aliphatic rings. The molecule has 7 heteroatoms. The molecule has 0 aliphatic heterocycles. The SMILES string of the molecule is CCOC(=O)[C@H](COC)NC(Cc1ccc(-c2cccc(Cl)c2)cc1)C(=O)O. The topological polar surface area (TPSA) is 84.9 Å². The van der Waals surface area contributed by atoms with Crippen LogP contribution in [0.15, 0.2) is 48.5 Å². The third kappa shape index (κ3) is 6.34. The van der Waals surface area contributed by atoms with Crippen molar-refractivity contribution in [3.8, 4) is 11.1 Å². The first-order valence-electron chi connectivity index (χ1n) is 8.94. The smallest absolute Gasteiger partial charge is 0.325 e. The van der Waals surface area contributed by atoms with E-state index in [0.717, 1.165) is 16.7 Å². The van der Waals surface area contributed by atoms with Gasteiger partial charge in [-0.15, -0.1) is 0 Å². The van der Waals surface area contributed by atoms with E-state index in [0.29, 0.717) is 5.02 Å². The van der Waals surface area contributed by atoms with Crippen LogP contribution < -0.4 is 5.32 Å². The molecule has 0 spiro atoms. The molecule has 0 fully saturated rings. The van der Waals surface area contributed by atoms with Crippen molar-refractivity contribution in [2.45, 2.75) is 25.4 Å². The standard InChI is InChI=1S/C21H24ClNO5/c1-3-28-21(26)19(13-27-2)23-18(20(24)25)11-14-7-9-15(10-8-14)16-5-4-6-17(22)12-16/h4-10,12,18-19,23H,3,11,13H2,1-2H3,(H,24,25)/t18?,19-/m0/s1. The van der Waals surface area contributed by atoms with Gasteiger partial charge in [0.25, 0.3) is 0 Å². The maximum atomic E-state index is 12.0. The van der Waals surface area contributed by atoms with E-state index in [1.807, 2.05) is 48.5 Å². The molecule has 0 heterocycles. The molecular weight excluding hydrogens is 382 g/mol. The molecule has 2 rings (SSSR count). The van der Waals surface area contributed by atoms with Crippen molar-refractivity contribution in [3.05, 3.63) is 59.1 Å². The minimum atomic E-state index is -1.05. The number of carbonyl (C=O) groups excluding carboxylic acids is 1. The number of carbonyl (C=O) groups is 2. The van der Waals surface area contributed by atoms with Gasteiger partial charge in [0.2, 0.25) is 0 Å². The molecule has 6 nitrogen and oxygen atoms in total. The molecule has 2 N–H and O–H groups in total. The lowest BCUT2D eigenvalue weighted by Crippen LogP contribution is -2.50. The van der Waals surface area contributed by atoms with E-state index in [2.05, 4.69) is 5.32 Å². The minimum absolute atomic E-state index is 0.0241. The van der Waals surface area contributed by atoms with Crippen LogP contribution in [0, 0.1) is 0 Å². The number of halogens is 1. The van der Waals surface area contributed by atoms with Gasteiger partial charge in [0.1, 0.15) is 12.1 Å². The summed E-state index contributed by atoms with van der Waals surface area (Å²) in [5.41, 5.74) is 2.79. The van der Waals surface area contributed by atoms with Crippen LogP contribution in [0.1, 0.15) is 12.5 Å². The summed E-state index contributed by atoms with van der Waals surface area (Å²) in [7, 11) is 1.44. The van der Waals surface area contributed by atoms with Gasteiger partial charge in [0, 0.05) is 12.1 Å². The monoisotopic (exact) mass is 405 g/mol. The molecular formula is C21H24ClNO5. The van der Waals surface area contributed by atoms with Gasteiger partial charge < -0.3 is 14.6 Å². The van der Waals surface area contributed by atoms with Crippen LogP contribution in [-0.4, -0.2) is 49.5 Å². The third-order valence-corrected chi connectivity index (χ3v) is 4.39. The lowest BCUT2D eigenvalue weighted by molar-refractivity contribution is -0.148. The minimum Gasteiger partial charge on any atom is -0.480 e. The highest BCUT2D eigenvalue weighted by Gasteiger charge is 2.27. The van der Waals surface area contributed by atoms with Crippen LogP contribution in [0.5, 0.6) is 0 Å². The van der Waals surface area contributed by atoms with E-state index < -0.39 is 24.0 Å². The molecule has 0 bridgehead atoms. The molecule has 1 unspecified atom stereocenters. The van der Waals surface area contributed by atoms with Crippen molar-refractivity contribution in [3.63, 3.8) is 0 Å². The Morgan fingerprint density at radius 2 is 1.82 bits per heavy atom. The van der Waals surface area contributed by atoms with E-state index in [-0.39, 0.29) is 19.6 Å². The predicted octanol–water partition coefficient (Wildman–Crippen LogP) is 3.17. The number of carboxylic acids is 1. The van der Waals surface area contributed by atoms with E-state index in [4.69, 9.17) is 21.1 Å². The highest BCUT2D eigenvalue weighted by Crippen LogP contribution is 2.23. The molecule has 0 aromatic heterocycles. The van der Waals surface area contributed by atoms with Crippen LogP contribution in [0.4, 0.5) is 0 Å². The highest BCUT2D eigenvalue weighted by atomic mass is 35.5. The van der Waals surface area contributed by atoms with Crippen molar-refractivity contribution in [1.29, 1.82) is 0 Å². The van der Waals surface area contributed by atoms with Gasteiger partial charge in [-0.3, -0.25) is 14.9 Å². The average molecular weight is 406 g/mol. The first kappa shape index (κ1) is 21.9. The Hall–Kier alpha value is -2.41. The summed E-state index contributed by atoms with van der Waals surface area (Å²) < 4.78 is 9.99. The zero-order valence-electron chi connectivity index (χ0n) is 15.9. The zero-order valence-corrected chi connectivity index (χ0v) is 16.6. The fourth-order valence-corrected chi connectivity index (χ4v) is 2.98. The quantitative estimate of drug-likeness (QED) is 0.590. The summed E-state index contributed by atoms with van der Waals surface area (Å²) in [6.45, 7) is 1.93. The number of esters is 1. The number of rotatable bonds is 10. The number of hydrogen-bond acceptors (Lipinski definition) is 5. The number of methoxy groups -OCH3 is 1. The Kier molecular flexibility index (Phi) is 8.44. The second-order valence-electron chi connectivity index (χ2n) is 6.23. The Balaban J connectivity index is 2.11. The molecule has 0 amide bonds. The summed E-state index contributed by atoms with van der Waals surface area (Å²) >= 11 is 6.03. The number of carboxylic acid groups (broad SMARTS) is 1. The molecule has 0 radical (unpaired) electrons. The van der Waals surface area contributed by atoms with Gasteiger partial charge in [-0.2, -0.15) is 0 Å². The van der Waals surface area contributed by atoms with Gasteiger partial charge in [-0.05, 0) is 42.2 Å². The number of aliphatic carboxylic acids is 1. The molecule has 0 saturated heterocycles. The Morgan fingerprint density at radius 3 is 2.39 bits per heavy atom. The summed E-state index contributed by atoms with van der Waals surface area (Å²) in [5.74, 6) is -1.59. The van der Waals surface area contributed by atoms with Crippen molar-refractivity contribution >= 4 is 23.5 Å². The van der Waals surface area contributed by atoms with E-state index in [1.54, 1.807) is 6.92 Å². The van der Waals surface area contributed by atoms with Crippen molar-refractivity contribution < 1.29 is 24.2 Å². The van der Waals surface area contributed by atoms with Crippen molar-refractivity contribution in [1.82, 2.24) is 5.32 Å². The van der Waals surface area contributed by atoms with Gasteiger partial charge >= 0.3 is 11.9 Å². The predicted molar refractivity (Wildman–Crippen MR) is 107 cm³/mol. The van der Waals surface area contributed by atoms with Gasteiger partial charge in [-0.1, -0.05) is 48.0 Å². The summed E-state index contributed by atoms with van der Waals surface area (Å²) in [5, 5.41) is 13.0. The fraction of sp³-hybridized carbons (Fsp3) is 0.333. The zero-order chi connectivity index (χ0) is 20.5. The Morgan fingerprint density at radius 1 is 1.11 bits per heavy atom. The first-order valence-corrected chi connectivity index (χ1v) is 9.31. The Labute approximate surface area is 169 Å². The third-order valence-electron chi connectivity index (χ3n) is 4.16. The van der Waals surface area contributed by atoms with Crippen LogP contribution in [0.2, 0.25) is 5.02 Å². The lowest BCUT2D eigenvalue weighted by atomic mass is 10.0. The molecule has 2 aromatic rings. The first-order chi connectivity index (χ1) is 13.4. The fourth-order valence-electron chi connectivity index (χ4n) is 2.79. The average Bonchev–Trinajstić information content (AvgIpc) is 2.67. The molecule has 0 aliphatic carbocycles. The van der Waals surface area contributed by atoms with Crippen molar-refractivity contribution in [2.75, 3.05) is 20.3 Å². The van der Waals surface area contributed by atoms with E-state index in [1.165, 1.54) is 7.11 Å². The normalized spacial score (nSPS) is 13.0. The lowest BCUT2D eigenvalue weighted by Gasteiger charge is -2.21. The second kappa shape index (κ2) is 10.8. The van der Waals surface area contributed by atoms with Crippen LogP contribution in [0.3, 0.4) is 0 Å². The highest BCUT2D eigenvalue weighted by molar-refractivity contribution is 6.30. The maximum Gasteiger partial charge on any atom is 0.325 e. The number of nitrogens with one attached hydrogen (secondary N) is 1. The van der Waals surface area contributed by atoms with Gasteiger partial charge in [-0.25, -0.2) is 0 Å². The summed E-state index contributed by atoms with van der Waals surface area (Å²) in [4.78, 5) is 23.7. The second-order valence-corrected chi connectivity index (χ2v) is 6.67. The largest absolute Gasteiger partial charge is 0.480 e. The summed E-state index contributed by atoms with van der Waals surface area (Å²) in [6, 6.07) is 13.3.